The number of hydrogen-bond donors (Lipinski definition) is 1. The van der Waals surface area contributed by atoms with E-state index in [4.69, 9.17) is 0 Å². The van der Waals surface area contributed by atoms with Crippen LogP contribution >= 0.6 is 0 Å². The van der Waals surface area contributed by atoms with E-state index < -0.39 is 17.6 Å². The number of anilines is 1. The van der Waals surface area contributed by atoms with Gasteiger partial charge < -0.3 is 5.32 Å². The van der Waals surface area contributed by atoms with E-state index in [-0.39, 0.29) is 5.56 Å². The van der Waals surface area contributed by atoms with Gasteiger partial charge in [0.2, 0.25) is 0 Å². The fourth-order valence-corrected chi connectivity index (χ4v) is 2.15. The number of amides is 1. The highest BCUT2D eigenvalue weighted by molar-refractivity contribution is 6.04. The number of alkyl halides is 3. The van der Waals surface area contributed by atoms with Crippen LogP contribution in [0.15, 0.2) is 48.5 Å². The van der Waals surface area contributed by atoms with E-state index in [0.29, 0.717) is 5.69 Å². The standard InChI is InChI=1S/C18H18F3NO/c1-2-3-4-13-5-11-16(12-6-13)22-17(23)14-7-9-15(10-8-14)18(19,20)21/h5-12H,2-4H2,1H3,(H,22,23). The number of rotatable bonds is 5. The molecule has 0 fully saturated rings. The summed E-state index contributed by atoms with van der Waals surface area (Å²) in [5.74, 6) is -0.431. The topological polar surface area (TPSA) is 29.1 Å². The quantitative estimate of drug-likeness (QED) is 0.795. The lowest BCUT2D eigenvalue weighted by Crippen LogP contribution is -2.12. The minimum atomic E-state index is -4.40. The van der Waals surface area contributed by atoms with Gasteiger partial charge in [0.15, 0.2) is 0 Å². The largest absolute Gasteiger partial charge is 0.416 e. The third-order valence-corrected chi connectivity index (χ3v) is 3.51. The summed E-state index contributed by atoms with van der Waals surface area (Å²) in [7, 11) is 0. The van der Waals surface area contributed by atoms with Crippen molar-refractivity contribution in [1.29, 1.82) is 0 Å². The highest BCUT2D eigenvalue weighted by Crippen LogP contribution is 2.29. The summed E-state index contributed by atoms with van der Waals surface area (Å²) in [6.07, 6.45) is -1.18. The van der Waals surface area contributed by atoms with Gasteiger partial charge in [-0.25, -0.2) is 0 Å². The average molecular weight is 321 g/mol. The summed E-state index contributed by atoms with van der Waals surface area (Å²) < 4.78 is 37.5. The molecule has 0 atom stereocenters. The second-order valence-corrected chi connectivity index (χ2v) is 5.33. The molecule has 122 valence electrons. The van der Waals surface area contributed by atoms with E-state index in [2.05, 4.69) is 12.2 Å². The summed E-state index contributed by atoms with van der Waals surface area (Å²) in [4.78, 5) is 12.0. The molecule has 0 bridgehead atoms. The summed E-state index contributed by atoms with van der Waals surface area (Å²) in [5.41, 5.74) is 1.23. The second kappa shape index (κ2) is 7.31. The molecule has 2 nitrogen and oxygen atoms in total. The van der Waals surface area contributed by atoms with Crippen LogP contribution in [0.2, 0.25) is 0 Å². The highest BCUT2D eigenvalue weighted by Gasteiger charge is 2.30. The van der Waals surface area contributed by atoms with Gasteiger partial charge in [-0.1, -0.05) is 25.5 Å². The van der Waals surface area contributed by atoms with Gasteiger partial charge in [-0.15, -0.1) is 0 Å². The smallest absolute Gasteiger partial charge is 0.322 e. The first-order valence-electron chi connectivity index (χ1n) is 7.47. The fraction of sp³-hybridized carbons (Fsp3) is 0.278. The van der Waals surface area contributed by atoms with Crippen molar-refractivity contribution in [3.63, 3.8) is 0 Å². The van der Waals surface area contributed by atoms with E-state index in [1.165, 1.54) is 17.7 Å². The Balaban J connectivity index is 2.01. The van der Waals surface area contributed by atoms with Gasteiger partial charge >= 0.3 is 6.18 Å². The highest BCUT2D eigenvalue weighted by atomic mass is 19.4. The maximum Gasteiger partial charge on any atom is 0.416 e. The van der Waals surface area contributed by atoms with Gasteiger partial charge in [-0.05, 0) is 54.8 Å². The molecule has 0 spiro atoms. The number of aryl methyl sites for hydroxylation is 1. The van der Waals surface area contributed by atoms with Crippen molar-refractivity contribution in [3.8, 4) is 0 Å². The normalized spacial score (nSPS) is 11.3. The molecule has 1 amide bonds. The van der Waals surface area contributed by atoms with Crippen molar-refractivity contribution in [3.05, 3.63) is 65.2 Å². The van der Waals surface area contributed by atoms with Crippen molar-refractivity contribution in [2.75, 3.05) is 5.32 Å². The van der Waals surface area contributed by atoms with Gasteiger partial charge in [0.05, 0.1) is 5.56 Å². The van der Waals surface area contributed by atoms with E-state index in [1.54, 1.807) is 12.1 Å². The third kappa shape index (κ3) is 4.84. The molecule has 2 rings (SSSR count). The number of carbonyl (C=O) groups is 1. The lowest BCUT2D eigenvalue weighted by atomic mass is 10.1. The molecule has 0 radical (unpaired) electrons. The van der Waals surface area contributed by atoms with Crippen LogP contribution in [-0.2, 0) is 12.6 Å². The Hall–Kier alpha value is -2.30. The van der Waals surface area contributed by atoms with Crippen LogP contribution in [-0.4, -0.2) is 5.91 Å². The molecule has 1 N–H and O–H groups in total. The Bertz CT molecular complexity index is 645. The van der Waals surface area contributed by atoms with Crippen LogP contribution in [0.3, 0.4) is 0 Å². The Labute approximate surface area is 133 Å². The van der Waals surface area contributed by atoms with Crippen molar-refractivity contribution in [1.82, 2.24) is 0 Å². The number of unbranched alkanes of at least 4 members (excludes halogenated alkanes) is 1. The molecule has 2 aromatic carbocycles. The lowest BCUT2D eigenvalue weighted by Gasteiger charge is -2.09. The first-order valence-corrected chi connectivity index (χ1v) is 7.47. The predicted octanol–water partition coefficient (Wildman–Crippen LogP) is 5.30. The maximum absolute atomic E-state index is 12.5. The molecule has 23 heavy (non-hydrogen) atoms. The van der Waals surface area contributed by atoms with Crippen LogP contribution in [0.1, 0.15) is 41.3 Å². The minimum absolute atomic E-state index is 0.188. The van der Waals surface area contributed by atoms with Gasteiger partial charge in [0, 0.05) is 11.3 Å². The fourth-order valence-electron chi connectivity index (χ4n) is 2.15. The van der Waals surface area contributed by atoms with E-state index >= 15 is 0 Å². The molecule has 0 aromatic heterocycles. The number of hydrogen-bond acceptors (Lipinski definition) is 1. The predicted molar refractivity (Wildman–Crippen MR) is 84.5 cm³/mol. The van der Waals surface area contributed by atoms with Gasteiger partial charge in [0.25, 0.3) is 5.91 Å². The second-order valence-electron chi connectivity index (χ2n) is 5.33. The van der Waals surface area contributed by atoms with Crippen molar-refractivity contribution < 1.29 is 18.0 Å². The zero-order chi connectivity index (χ0) is 16.9. The Morgan fingerprint density at radius 2 is 1.61 bits per heavy atom. The molecular formula is C18H18F3NO. The Kier molecular flexibility index (Phi) is 5.42. The maximum atomic E-state index is 12.5. The molecule has 0 heterocycles. The molecular weight excluding hydrogens is 303 g/mol. The number of carbonyl (C=O) groups excluding carboxylic acids is 1. The minimum Gasteiger partial charge on any atom is -0.322 e. The first kappa shape index (κ1) is 17.1. The van der Waals surface area contributed by atoms with E-state index in [0.717, 1.165) is 31.4 Å². The molecule has 0 unspecified atom stereocenters. The molecule has 2 aromatic rings. The molecule has 0 aliphatic heterocycles. The van der Waals surface area contributed by atoms with Crippen LogP contribution in [0.5, 0.6) is 0 Å². The van der Waals surface area contributed by atoms with E-state index in [1.807, 2.05) is 12.1 Å². The first-order chi connectivity index (χ1) is 10.9. The third-order valence-electron chi connectivity index (χ3n) is 3.51. The van der Waals surface area contributed by atoms with E-state index in [9.17, 15) is 18.0 Å². The van der Waals surface area contributed by atoms with Crippen LogP contribution < -0.4 is 5.32 Å². The van der Waals surface area contributed by atoms with Crippen LogP contribution in [0, 0.1) is 0 Å². The monoisotopic (exact) mass is 321 g/mol. The number of benzene rings is 2. The zero-order valence-corrected chi connectivity index (χ0v) is 12.8. The van der Waals surface area contributed by atoms with Crippen molar-refractivity contribution >= 4 is 11.6 Å². The Morgan fingerprint density at radius 3 is 2.13 bits per heavy atom. The van der Waals surface area contributed by atoms with Gasteiger partial charge in [-0.3, -0.25) is 4.79 Å². The molecule has 0 saturated heterocycles. The molecule has 0 aliphatic rings. The molecule has 0 aliphatic carbocycles. The SMILES string of the molecule is CCCCc1ccc(NC(=O)c2ccc(C(F)(F)F)cc2)cc1. The van der Waals surface area contributed by atoms with Gasteiger partial charge in [-0.2, -0.15) is 13.2 Å². The van der Waals surface area contributed by atoms with Crippen LogP contribution in [0.25, 0.3) is 0 Å². The molecule has 0 saturated carbocycles. The summed E-state index contributed by atoms with van der Waals surface area (Å²) in [6, 6.07) is 11.6. The average Bonchev–Trinajstić information content (AvgIpc) is 2.53. The summed E-state index contributed by atoms with van der Waals surface area (Å²) in [5, 5.41) is 2.68. The number of nitrogens with one attached hydrogen (secondary N) is 1. The number of halogens is 3. The lowest BCUT2D eigenvalue weighted by molar-refractivity contribution is -0.137. The Morgan fingerprint density at radius 1 is 1.00 bits per heavy atom. The molecule has 5 heteroatoms. The van der Waals surface area contributed by atoms with Crippen molar-refractivity contribution in [2.24, 2.45) is 0 Å². The zero-order valence-electron chi connectivity index (χ0n) is 12.8. The van der Waals surface area contributed by atoms with Crippen molar-refractivity contribution in [2.45, 2.75) is 32.4 Å². The summed E-state index contributed by atoms with van der Waals surface area (Å²) in [6.45, 7) is 2.12. The van der Waals surface area contributed by atoms with Gasteiger partial charge in [0.1, 0.15) is 0 Å². The van der Waals surface area contributed by atoms with Crippen LogP contribution in [0.4, 0.5) is 18.9 Å². The summed E-state index contributed by atoms with van der Waals surface area (Å²) >= 11 is 0.